The topological polar surface area (TPSA) is 98.7 Å². The number of anilines is 2. The second-order valence-corrected chi connectivity index (χ2v) is 5.75. The summed E-state index contributed by atoms with van der Waals surface area (Å²) in [7, 11) is 0. The number of pyridine rings is 1. The molecule has 0 radical (unpaired) electrons. The second kappa shape index (κ2) is 6.68. The number of benzene rings is 1. The molecule has 25 heavy (non-hydrogen) atoms. The van der Waals surface area contributed by atoms with Crippen LogP contribution in [0.3, 0.4) is 0 Å². The Bertz CT molecular complexity index is 921. The van der Waals surface area contributed by atoms with Crippen LogP contribution in [0.1, 0.15) is 30.2 Å². The first-order chi connectivity index (χ1) is 12.0. The predicted octanol–water partition coefficient (Wildman–Crippen LogP) is 2.89. The Morgan fingerprint density at radius 1 is 1.28 bits per heavy atom. The molecule has 3 aromatic rings. The Hall–Kier alpha value is -3.29. The van der Waals surface area contributed by atoms with Gasteiger partial charge in [-0.3, -0.25) is 4.79 Å². The van der Waals surface area contributed by atoms with Crippen LogP contribution >= 0.6 is 0 Å². The molecule has 1 amide bonds. The molecule has 0 atom stereocenters. The van der Waals surface area contributed by atoms with E-state index in [4.69, 9.17) is 5.73 Å². The number of aromatic nitrogens is 4. The van der Waals surface area contributed by atoms with Crippen molar-refractivity contribution in [3.8, 4) is 11.5 Å². The number of hydrogen-bond donors (Lipinski definition) is 2. The number of amides is 1. The highest BCUT2D eigenvalue weighted by Gasteiger charge is 2.14. The number of nitrogens with two attached hydrogens (primary N) is 1. The number of nitrogens with zero attached hydrogens (tertiary/aromatic N) is 4. The first-order valence-electron chi connectivity index (χ1n) is 7.69. The molecule has 3 rings (SSSR count). The van der Waals surface area contributed by atoms with Crippen LogP contribution in [0.15, 0.2) is 42.7 Å². The van der Waals surface area contributed by atoms with E-state index in [0.717, 1.165) is 6.07 Å². The maximum absolute atomic E-state index is 13.1. The number of hydrogen-bond acceptors (Lipinski definition) is 5. The molecule has 0 bridgehead atoms. The van der Waals surface area contributed by atoms with E-state index in [0.29, 0.717) is 17.3 Å². The van der Waals surface area contributed by atoms with Crippen molar-refractivity contribution < 1.29 is 9.18 Å². The number of carbonyl (C=O) groups excluding carboxylic acids is 1. The second-order valence-electron chi connectivity index (χ2n) is 5.75. The SMILES string of the molecule is CC(C)n1cnnc1-c1cccc(NC(=O)c2ccc(F)cc2N)n1. The van der Waals surface area contributed by atoms with Crippen molar-refractivity contribution in [3.05, 3.63) is 54.1 Å². The van der Waals surface area contributed by atoms with Gasteiger partial charge in [0.2, 0.25) is 0 Å². The highest BCUT2D eigenvalue weighted by molar-refractivity contribution is 6.07. The van der Waals surface area contributed by atoms with Crippen molar-refractivity contribution in [1.82, 2.24) is 19.7 Å². The van der Waals surface area contributed by atoms with Gasteiger partial charge in [-0.1, -0.05) is 6.07 Å². The zero-order valence-corrected chi connectivity index (χ0v) is 13.8. The van der Waals surface area contributed by atoms with E-state index < -0.39 is 11.7 Å². The maximum Gasteiger partial charge on any atom is 0.258 e. The summed E-state index contributed by atoms with van der Waals surface area (Å²) in [5, 5.41) is 10.7. The zero-order chi connectivity index (χ0) is 18.0. The molecule has 0 aliphatic rings. The largest absolute Gasteiger partial charge is 0.398 e. The van der Waals surface area contributed by atoms with Crippen LogP contribution in [0.5, 0.6) is 0 Å². The van der Waals surface area contributed by atoms with Gasteiger partial charge >= 0.3 is 0 Å². The molecule has 7 nitrogen and oxygen atoms in total. The smallest absolute Gasteiger partial charge is 0.258 e. The summed E-state index contributed by atoms with van der Waals surface area (Å²) in [5.41, 5.74) is 6.52. The van der Waals surface area contributed by atoms with Crippen molar-refractivity contribution in [2.24, 2.45) is 0 Å². The van der Waals surface area contributed by atoms with Gasteiger partial charge < -0.3 is 15.6 Å². The third-order valence-electron chi connectivity index (χ3n) is 3.61. The molecule has 3 N–H and O–H groups in total. The summed E-state index contributed by atoms with van der Waals surface area (Å²) in [6.45, 7) is 4.02. The molecule has 0 saturated heterocycles. The first-order valence-corrected chi connectivity index (χ1v) is 7.69. The molecular weight excluding hydrogens is 323 g/mol. The predicted molar refractivity (Wildman–Crippen MR) is 92.4 cm³/mol. The summed E-state index contributed by atoms with van der Waals surface area (Å²) >= 11 is 0. The van der Waals surface area contributed by atoms with Gasteiger partial charge in [0.05, 0.1) is 5.56 Å². The molecule has 128 valence electrons. The van der Waals surface area contributed by atoms with Gasteiger partial charge in [0.15, 0.2) is 5.82 Å². The third kappa shape index (κ3) is 3.47. The molecule has 0 spiro atoms. The minimum atomic E-state index is -0.498. The first kappa shape index (κ1) is 16.6. The van der Waals surface area contributed by atoms with Gasteiger partial charge in [0, 0.05) is 11.7 Å². The fourth-order valence-corrected chi connectivity index (χ4v) is 2.36. The standard InChI is InChI=1S/C17H17FN6O/c1-10(2)24-9-20-23-16(24)14-4-3-5-15(21-14)22-17(25)12-7-6-11(18)8-13(12)19/h3-10H,19H2,1-2H3,(H,21,22,25). The van der Waals surface area contributed by atoms with E-state index in [2.05, 4.69) is 20.5 Å². The molecule has 0 unspecified atom stereocenters. The van der Waals surface area contributed by atoms with Crippen LogP contribution in [0, 0.1) is 5.82 Å². The van der Waals surface area contributed by atoms with Crippen molar-refractivity contribution in [2.45, 2.75) is 19.9 Å². The lowest BCUT2D eigenvalue weighted by atomic mass is 10.1. The molecule has 0 aliphatic carbocycles. The molecular formula is C17H17FN6O. The van der Waals surface area contributed by atoms with Crippen molar-refractivity contribution >= 4 is 17.4 Å². The molecule has 0 saturated carbocycles. The summed E-state index contributed by atoms with van der Waals surface area (Å²) in [6.07, 6.45) is 1.63. The summed E-state index contributed by atoms with van der Waals surface area (Å²) in [5.74, 6) is -0.0217. The van der Waals surface area contributed by atoms with Crippen LogP contribution < -0.4 is 11.1 Å². The Kier molecular flexibility index (Phi) is 4.42. The Morgan fingerprint density at radius 2 is 2.08 bits per heavy atom. The van der Waals surface area contributed by atoms with Gasteiger partial charge in [-0.25, -0.2) is 9.37 Å². The van der Waals surface area contributed by atoms with E-state index in [1.165, 1.54) is 12.1 Å². The number of rotatable bonds is 4. The summed E-state index contributed by atoms with van der Waals surface area (Å²) < 4.78 is 15.0. The van der Waals surface area contributed by atoms with E-state index in [9.17, 15) is 9.18 Å². The molecule has 2 heterocycles. The quantitative estimate of drug-likeness (QED) is 0.712. The molecule has 2 aromatic heterocycles. The Labute approximate surface area is 143 Å². The van der Waals surface area contributed by atoms with Gasteiger partial charge in [0.25, 0.3) is 5.91 Å². The highest BCUT2D eigenvalue weighted by Crippen LogP contribution is 2.20. The number of carbonyl (C=O) groups is 1. The Balaban J connectivity index is 1.87. The lowest BCUT2D eigenvalue weighted by Gasteiger charge is -2.11. The average molecular weight is 340 g/mol. The van der Waals surface area contributed by atoms with Crippen molar-refractivity contribution in [1.29, 1.82) is 0 Å². The van der Waals surface area contributed by atoms with Gasteiger partial charge in [-0.15, -0.1) is 10.2 Å². The minimum Gasteiger partial charge on any atom is -0.398 e. The van der Waals surface area contributed by atoms with E-state index >= 15 is 0 Å². The minimum absolute atomic E-state index is 0.0632. The number of nitrogens with one attached hydrogen (secondary N) is 1. The van der Waals surface area contributed by atoms with E-state index in [1.807, 2.05) is 18.4 Å². The van der Waals surface area contributed by atoms with Crippen LogP contribution in [-0.4, -0.2) is 25.7 Å². The fourth-order valence-electron chi connectivity index (χ4n) is 2.36. The maximum atomic E-state index is 13.1. The van der Waals surface area contributed by atoms with Gasteiger partial charge in [-0.2, -0.15) is 0 Å². The van der Waals surface area contributed by atoms with Crippen molar-refractivity contribution in [2.75, 3.05) is 11.1 Å². The van der Waals surface area contributed by atoms with Crippen LogP contribution in [0.25, 0.3) is 11.5 Å². The summed E-state index contributed by atoms with van der Waals surface area (Å²) in [6, 6.07) is 8.97. The van der Waals surface area contributed by atoms with Crippen LogP contribution in [-0.2, 0) is 0 Å². The monoisotopic (exact) mass is 340 g/mol. The number of nitrogen functional groups attached to an aromatic ring is 1. The van der Waals surface area contributed by atoms with Crippen LogP contribution in [0.4, 0.5) is 15.9 Å². The third-order valence-corrected chi connectivity index (χ3v) is 3.61. The van der Waals surface area contributed by atoms with Gasteiger partial charge in [-0.05, 0) is 44.2 Å². The number of halogens is 1. The average Bonchev–Trinajstić information content (AvgIpc) is 3.05. The van der Waals surface area contributed by atoms with Crippen LogP contribution in [0.2, 0.25) is 0 Å². The van der Waals surface area contributed by atoms with Gasteiger partial charge in [0.1, 0.15) is 23.7 Å². The fraction of sp³-hybridized carbons (Fsp3) is 0.176. The molecule has 0 aliphatic heterocycles. The molecule has 1 aromatic carbocycles. The lowest BCUT2D eigenvalue weighted by molar-refractivity contribution is 0.102. The molecule has 0 fully saturated rings. The highest BCUT2D eigenvalue weighted by atomic mass is 19.1. The Morgan fingerprint density at radius 3 is 2.80 bits per heavy atom. The van der Waals surface area contributed by atoms with E-state index in [-0.39, 0.29) is 17.3 Å². The lowest BCUT2D eigenvalue weighted by Crippen LogP contribution is -2.15. The zero-order valence-electron chi connectivity index (χ0n) is 13.8. The molecule has 8 heteroatoms. The summed E-state index contributed by atoms with van der Waals surface area (Å²) in [4.78, 5) is 16.7. The normalized spacial score (nSPS) is 10.9. The van der Waals surface area contributed by atoms with E-state index in [1.54, 1.807) is 24.5 Å². The van der Waals surface area contributed by atoms with Crippen molar-refractivity contribution in [3.63, 3.8) is 0 Å².